The van der Waals surface area contributed by atoms with Crippen molar-refractivity contribution in [2.75, 3.05) is 5.32 Å². The van der Waals surface area contributed by atoms with Gasteiger partial charge in [-0.25, -0.2) is 0 Å². The second kappa shape index (κ2) is 5.76. The number of hydrogen-bond donors (Lipinski definition) is 1. The Hall–Kier alpha value is -1.23. The maximum Gasteiger partial charge on any atom is 0.417 e. The Kier molecular flexibility index (Phi) is 4.10. The number of rotatable bonds is 3. The van der Waals surface area contributed by atoms with Crippen LogP contribution in [0.2, 0.25) is 5.02 Å². The lowest BCUT2D eigenvalue weighted by molar-refractivity contribution is -0.137. The number of fused-ring (bicyclic) bond motifs is 2. The number of alkyl halides is 3. The first-order valence-corrected chi connectivity index (χ1v) is 7.87. The lowest BCUT2D eigenvalue weighted by Crippen LogP contribution is -2.20. The quantitative estimate of drug-likeness (QED) is 0.818. The molecular weight excluding hydrogens is 315 g/mol. The molecule has 0 aromatic heterocycles. The van der Waals surface area contributed by atoms with E-state index < -0.39 is 11.7 Å². The lowest BCUT2D eigenvalue weighted by atomic mass is 9.86. The molecule has 3 rings (SSSR count). The van der Waals surface area contributed by atoms with Crippen molar-refractivity contribution in [1.29, 1.82) is 0 Å². The van der Waals surface area contributed by atoms with Gasteiger partial charge in [-0.2, -0.15) is 13.2 Å². The highest BCUT2D eigenvalue weighted by Crippen LogP contribution is 2.49. The molecule has 2 aliphatic carbocycles. The van der Waals surface area contributed by atoms with Gasteiger partial charge in [0.05, 0.1) is 10.6 Å². The molecule has 0 heterocycles. The third-order valence-electron chi connectivity index (χ3n) is 4.89. The van der Waals surface area contributed by atoms with Crippen LogP contribution < -0.4 is 5.32 Å². The fraction of sp³-hybridized carbons (Fsp3) is 0.562. The third kappa shape index (κ3) is 3.24. The molecule has 2 nitrogen and oxygen atoms in total. The number of amides is 1. The lowest BCUT2D eigenvalue weighted by Gasteiger charge is -2.21. The van der Waals surface area contributed by atoms with Gasteiger partial charge in [0.25, 0.3) is 0 Å². The third-order valence-corrected chi connectivity index (χ3v) is 5.22. The Morgan fingerprint density at radius 3 is 2.64 bits per heavy atom. The molecule has 6 heteroatoms. The summed E-state index contributed by atoms with van der Waals surface area (Å²) in [6, 6.07) is 3.45. The van der Waals surface area contributed by atoms with Crippen molar-refractivity contribution in [3.8, 4) is 0 Å². The summed E-state index contributed by atoms with van der Waals surface area (Å²) in [6.07, 6.45) is 0.591. The van der Waals surface area contributed by atoms with E-state index in [1.165, 1.54) is 25.3 Å². The van der Waals surface area contributed by atoms with Gasteiger partial charge in [-0.05, 0) is 55.2 Å². The highest BCUT2D eigenvalue weighted by Gasteiger charge is 2.40. The van der Waals surface area contributed by atoms with E-state index in [0.29, 0.717) is 18.3 Å². The number of anilines is 1. The maximum atomic E-state index is 12.8. The fourth-order valence-corrected chi connectivity index (χ4v) is 4.12. The summed E-state index contributed by atoms with van der Waals surface area (Å²) < 4.78 is 38.4. The zero-order chi connectivity index (χ0) is 15.9. The van der Waals surface area contributed by atoms with Gasteiger partial charge in [0.2, 0.25) is 5.91 Å². The average molecular weight is 332 g/mol. The SMILES string of the molecule is O=C(C[C@@H]1C[C@H]2CC[C@@H]1C2)Nc1ccc(Cl)c(C(F)(F)F)c1. The number of hydrogen-bond acceptors (Lipinski definition) is 1. The van der Waals surface area contributed by atoms with Gasteiger partial charge in [-0.15, -0.1) is 0 Å². The van der Waals surface area contributed by atoms with E-state index >= 15 is 0 Å². The topological polar surface area (TPSA) is 29.1 Å². The Morgan fingerprint density at radius 1 is 1.27 bits per heavy atom. The summed E-state index contributed by atoms with van der Waals surface area (Å²) in [5, 5.41) is 2.21. The molecule has 0 unspecified atom stereocenters. The maximum absolute atomic E-state index is 12.8. The zero-order valence-corrected chi connectivity index (χ0v) is 12.7. The molecule has 120 valence electrons. The molecule has 0 spiro atoms. The van der Waals surface area contributed by atoms with Gasteiger partial charge >= 0.3 is 6.18 Å². The van der Waals surface area contributed by atoms with Crippen molar-refractivity contribution >= 4 is 23.2 Å². The largest absolute Gasteiger partial charge is 0.417 e. The average Bonchev–Trinajstić information content (AvgIpc) is 3.02. The molecule has 2 saturated carbocycles. The second-order valence-electron chi connectivity index (χ2n) is 6.38. The first kappa shape index (κ1) is 15.7. The molecule has 0 aliphatic heterocycles. The van der Waals surface area contributed by atoms with Crippen LogP contribution in [-0.4, -0.2) is 5.91 Å². The summed E-state index contributed by atoms with van der Waals surface area (Å²) in [5.74, 6) is 1.53. The van der Waals surface area contributed by atoms with Crippen LogP contribution in [0, 0.1) is 17.8 Å². The molecule has 2 bridgehead atoms. The minimum absolute atomic E-state index is 0.143. The van der Waals surface area contributed by atoms with E-state index in [9.17, 15) is 18.0 Å². The summed E-state index contributed by atoms with van der Waals surface area (Å²) >= 11 is 5.56. The predicted octanol–water partition coefficient (Wildman–Crippen LogP) is 5.12. The normalized spacial score (nSPS) is 27.2. The monoisotopic (exact) mass is 331 g/mol. The van der Waals surface area contributed by atoms with E-state index in [1.807, 2.05) is 0 Å². The zero-order valence-electron chi connectivity index (χ0n) is 11.9. The van der Waals surface area contributed by atoms with Crippen molar-refractivity contribution in [1.82, 2.24) is 0 Å². The molecule has 1 aromatic rings. The Morgan fingerprint density at radius 2 is 2.05 bits per heavy atom. The molecular formula is C16H17ClF3NO. The van der Waals surface area contributed by atoms with Gasteiger partial charge in [0.1, 0.15) is 0 Å². The fourth-order valence-electron chi connectivity index (χ4n) is 3.90. The standard InChI is InChI=1S/C16H17ClF3NO/c17-14-4-3-12(8-13(14)16(18,19)20)21-15(22)7-11-6-9-1-2-10(11)5-9/h3-4,8-11H,1-2,5-7H2,(H,21,22)/t9-,10+,11-/m0/s1. The Bertz CT molecular complexity index is 587. The van der Waals surface area contributed by atoms with Crippen LogP contribution in [0.3, 0.4) is 0 Å². The summed E-state index contributed by atoms with van der Waals surface area (Å²) in [5.41, 5.74) is -0.781. The predicted molar refractivity (Wildman–Crippen MR) is 78.6 cm³/mol. The van der Waals surface area contributed by atoms with Gasteiger partial charge in [0, 0.05) is 12.1 Å². The molecule has 2 aliphatic rings. The van der Waals surface area contributed by atoms with E-state index in [0.717, 1.165) is 24.5 Å². The smallest absolute Gasteiger partial charge is 0.326 e. The van der Waals surface area contributed by atoms with E-state index in [-0.39, 0.29) is 16.6 Å². The highest BCUT2D eigenvalue weighted by molar-refractivity contribution is 6.31. The van der Waals surface area contributed by atoms with Crippen LogP contribution in [0.5, 0.6) is 0 Å². The summed E-state index contributed by atoms with van der Waals surface area (Å²) in [6.45, 7) is 0. The van der Waals surface area contributed by atoms with Gasteiger partial charge in [0.15, 0.2) is 0 Å². The second-order valence-corrected chi connectivity index (χ2v) is 6.79. The summed E-state index contributed by atoms with van der Waals surface area (Å²) in [4.78, 5) is 12.1. The van der Waals surface area contributed by atoms with E-state index in [4.69, 9.17) is 11.6 Å². The van der Waals surface area contributed by atoms with Crippen LogP contribution in [0.1, 0.15) is 37.7 Å². The molecule has 1 amide bonds. The van der Waals surface area contributed by atoms with Crippen LogP contribution in [0.25, 0.3) is 0 Å². The Balaban J connectivity index is 1.64. The molecule has 0 radical (unpaired) electrons. The number of carbonyl (C=O) groups is 1. The van der Waals surface area contributed by atoms with Crippen molar-refractivity contribution < 1.29 is 18.0 Å². The van der Waals surface area contributed by atoms with Crippen molar-refractivity contribution in [3.63, 3.8) is 0 Å². The number of benzene rings is 1. The van der Waals surface area contributed by atoms with E-state index in [2.05, 4.69) is 5.32 Å². The van der Waals surface area contributed by atoms with Crippen molar-refractivity contribution in [2.45, 2.75) is 38.3 Å². The number of nitrogens with one attached hydrogen (secondary N) is 1. The molecule has 3 atom stereocenters. The van der Waals surface area contributed by atoms with Crippen LogP contribution >= 0.6 is 11.6 Å². The summed E-state index contributed by atoms with van der Waals surface area (Å²) in [7, 11) is 0. The van der Waals surface area contributed by atoms with Crippen molar-refractivity contribution in [3.05, 3.63) is 28.8 Å². The molecule has 0 saturated heterocycles. The molecule has 2 fully saturated rings. The molecule has 22 heavy (non-hydrogen) atoms. The van der Waals surface area contributed by atoms with Gasteiger partial charge in [-0.3, -0.25) is 4.79 Å². The van der Waals surface area contributed by atoms with Crippen LogP contribution in [-0.2, 0) is 11.0 Å². The number of carbonyl (C=O) groups excluding carboxylic acids is 1. The minimum atomic E-state index is -4.53. The molecule has 1 aromatic carbocycles. The number of halogens is 4. The highest BCUT2D eigenvalue weighted by atomic mass is 35.5. The van der Waals surface area contributed by atoms with Crippen LogP contribution in [0.4, 0.5) is 18.9 Å². The minimum Gasteiger partial charge on any atom is -0.326 e. The molecule has 1 N–H and O–H groups in total. The van der Waals surface area contributed by atoms with Crippen molar-refractivity contribution in [2.24, 2.45) is 17.8 Å². The van der Waals surface area contributed by atoms with E-state index in [1.54, 1.807) is 0 Å². The van der Waals surface area contributed by atoms with Crippen LogP contribution in [0.15, 0.2) is 18.2 Å². The Labute approximate surface area is 132 Å². The van der Waals surface area contributed by atoms with Gasteiger partial charge in [-0.1, -0.05) is 18.0 Å². The first-order valence-electron chi connectivity index (χ1n) is 7.49. The van der Waals surface area contributed by atoms with Gasteiger partial charge < -0.3 is 5.32 Å². The first-order chi connectivity index (χ1) is 10.3.